The van der Waals surface area contributed by atoms with Crippen LogP contribution in [0.1, 0.15) is 18.4 Å². The lowest BCUT2D eigenvalue weighted by Gasteiger charge is -2.24. The number of methoxy groups -OCH3 is 1. The molecule has 1 aromatic rings. The summed E-state index contributed by atoms with van der Waals surface area (Å²) in [6.45, 7) is 1.38. The van der Waals surface area contributed by atoms with E-state index in [1.165, 1.54) is 0 Å². The summed E-state index contributed by atoms with van der Waals surface area (Å²) in [5.41, 5.74) is 0.738. The molecular formula is C13H18O4. The topological polar surface area (TPSA) is 47.9 Å². The predicted octanol–water partition coefficient (Wildman–Crippen LogP) is 1.75. The third-order valence-corrected chi connectivity index (χ3v) is 2.85. The minimum Gasteiger partial charge on any atom is -0.492 e. The molecule has 4 heteroatoms. The van der Waals surface area contributed by atoms with Crippen molar-refractivity contribution in [1.82, 2.24) is 0 Å². The predicted molar refractivity (Wildman–Crippen MR) is 63.4 cm³/mol. The SMILES string of the molecule is COc1c(CO)cccc1OC1CCCOC1. The van der Waals surface area contributed by atoms with Gasteiger partial charge in [-0.25, -0.2) is 0 Å². The fourth-order valence-corrected chi connectivity index (χ4v) is 1.99. The molecule has 0 saturated carbocycles. The third kappa shape index (κ3) is 2.90. The van der Waals surface area contributed by atoms with Gasteiger partial charge >= 0.3 is 0 Å². The van der Waals surface area contributed by atoms with E-state index in [9.17, 15) is 5.11 Å². The van der Waals surface area contributed by atoms with Crippen LogP contribution >= 0.6 is 0 Å². The largest absolute Gasteiger partial charge is 0.492 e. The van der Waals surface area contributed by atoms with Crippen LogP contribution in [0.2, 0.25) is 0 Å². The van der Waals surface area contributed by atoms with Gasteiger partial charge in [0.1, 0.15) is 6.10 Å². The van der Waals surface area contributed by atoms with Gasteiger partial charge in [0.2, 0.25) is 0 Å². The highest BCUT2D eigenvalue weighted by Crippen LogP contribution is 2.32. The molecule has 0 aliphatic carbocycles. The van der Waals surface area contributed by atoms with Crippen molar-refractivity contribution in [3.05, 3.63) is 23.8 Å². The van der Waals surface area contributed by atoms with E-state index in [4.69, 9.17) is 14.2 Å². The van der Waals surface area contributed by atoms with Gasteiger partial charge in [-0.2, -0.15) is 0 Å². The molecule has 1 saturated heterocycles. The molecule has 4 nitrogen and oxygen atoms in total. The second-order valence-electron chi connectivity index (χ2n) is 4.06. The van der Waals surface area contributed by atoms with Crippen molar-refractivity contribution in [3.8, 4) is 11.5 Å². The highest BCUT2D eigenvalue weighted by molar-refractivity contribution is 5.46. The number of aliphatic hydroxyl groups is 1. The molecule has 1 aliphatic heterocycles. The maximum absolute atomic E-state index is 9.22. The second kappa shape index (κ2) is 5.89. The molecule has 0 amide bonds. The van der Waals surface area contributed by atoms with Crippen molar-refractivity contribution in [3.63, 3.8) is 0 Å². The molecule has 0 radical (unpaired) electrons. The standard InChI is InChI=1S/C13H18O4/c1-15-13-10(8-14)4-2-6-12(13)17-11-5-3-7-16-9-11/h2,4,6,11,14H,3,5,7-9H2,1H3. The molecule has 1 aliphatic rings. The van der Waals surface area contributed by atoms with E-state index in [2.05, 4.69) is 0 Å². The van der Waals surface area contributed by atoms with E-state index in [0.717, 1.165) is 25.0 Å². The number of hydrogen-bond donors (Lipinski definition) is 1. The zero-order chi connectivity index (χ0) is 12.1. The van der Waals surface area contributed by atoms with Crippen LogP contribution in [0, 0.1) is 0 Å². The lowest BCUT2D eigenvalue weighted by atomic mass is 10.1. The fourth-order valence-electron chi connectivity index (χ4n) is 1.99. The van der Waals surface area contributed by atoms with Crippen LogP contribution in [0.5, 0.6) is 11.5 Å². The van der Waals surface area contributed by atoms with Gasteiger partial charge in [0, 0.05) is 12.2 Å². The van der Waals surface area contributed by atoms with Crippen molar-refractivity contribution in [2.45, 2.75) is 25.6 Å². The minimum absolute atomic E-state index is 0.0540. The van der Waals surface area contributed by atoms with Crippen molar-refractivity contribution >= 4 is 0 Å². The highest BCUT2D eigenvalue weighted by atomic mass is 16.5. The molecule has 2 rings (SSSR count). The molecule has 0 aromatic heterocycles. The monoisotopic (exact) mass is 238 g/mol. The van der Waals surface area contributed by atoms with Gasteiger partial charge in [-0.05, 0) is 18.9 Å². The summed E-state index contributed by atoms with van der Waals surface area (Å²) in [4.78, 5) is 0. The van der Waals surface area contributed by atoms with Crippen molar-refractivity contribution in [1.29, 1.82) is 0 Å². The second-order valence-corrected chi connectivity index (χ2v) is 4.06. The summed E-state index contributed by atoms with van der Waals surface area (Å²) >= 11 is 0. The first kappa shape index (κ1) is 12.2. The first-order chi connectivity index (χ1) is 8.35. The molecule has 17 heavy (non-hydrogen) atoms. The van der Waals surface area contributed by atoms with Crippen LogP contribution in [0.25, 0.3) is 0 Å². The van der Waals surface area contributed by atoms with E-state index in [0.29, 0.717) is 18.1 Å². The average Bonchev–Trinajstić information content (AvgIpc) is 2.39. The van der Waals surface area contributed by atoms with E-state index >= 15 is 0 Å². The average molecular weight is 238 g/mol. The number of para-hydroxylation sites is 1. The summed E-state index contributed by atoms with van der Waals surface area (Å²) in [6.07, 6.45) is 2.09. The molecule has 1 heterocycles. The Balaban J connectivity index is 2.13. The molecule has 1 atom stereocenters. The van der Waals surface area contributed by atoms with E-state index in [1.54, 1.807) is 7.11 Å². The number of rotatable bonds is 4. The molecule has 1 aromatic carbocycles. The Bertz CT molecular complexity index is 358. The lowest BCUT2D eigenvalue weighted by molar-refractivity contribution is 0.00633. The quantitative estimate of drug-likeness (QED) is 0.868. The highest BCUT2D eigenvalue weighted by Gasteiger charge is 2.18. The number of hydrogen-bond acceptors (Lipinski definition) is 4. The molecule has 1 fully saturated rings. The van der Waals surface area contributed by atoms with Gasteiger partial charge in [0.05, 0.1) is 20.3 Å². The van der Waals surface area contributed by atoms with E-state index < -0.39 is 0 Å². The number of aliphatic hydroxyl groups excluding tert-OH is 1. The summed E-state index contributed by atoms with van der Waals surface area (Å²) in [5.74, 6) is 1.29. The zero-order valence-corrected chi connectivity index (χ0v) is 10.0. The Morgan fingerprint density at radius 1 is 1.47 bits per heavy atom. The summed E-state index contributed by atoms with van der Waals surface area (Å²) in [7, 11) is 1.58. The van der Waals surface area contributed by atoms with Crippen LogP contribution in [-0.2, 0) is 11.3 Å². The molecule has 94 valence electrons. The smallest absolute Gasteiger partial charge is 0.166 e. The lowest BCUT2D eigenvalue weighted by Crippen LogP contribution is -2.28. The summed E-state index contributed by atoms with van der Waals surface area (Å²) in [5, 5.41) is 9.22. The van der Waals surface area contributed by atoms with E-state index in [1.807, 2.05) is 18.2 Å². The Kier molecular flexibility index (Phi) is 4.23. The Hall–Kier alpha value is -1.26. The summed E-state index contributed by atoms with van der Waals surface area (Å²) < 4.78 is 16.5. The van der Waals surface area contributed by atoms with Crippen molar-refractivity contribution in [2.75, 3.05) is 20.3 Å². The minimum atomic E-state index is -0.0540. The normalized spacial score (nSPS) is 20.0. The van der Waals surface area contributed by atoms with Crippen LogP contribution < -0.4 is 9.47 Å². The Labute approximate surface area is 101 Å². The van der Waals surface area contributed by atoms with Gasteiger partial charge in [0.25, 0.3) is 0 Å². The van der Waals surface area contributed by atoms with Crippen molar-refractivity contribution in [2.24, 2.45) is 0 Å². The molecule has 0 spiro atoms. The van der Waals surface area contributed by atoms with Gasteiger partial charge < -0.3 is 19.3 Å². The Morgan fingerprint density at radius 2 is 2.35 bits per heavy atom. The maximum atomic E-state index is 9.22. The van der Waals surface area contributed by atoms with Crippen LogP contribution in [0.3, 0.4) is 0 Å². The number of benzene rings is 1. The first-order valence-electron chi connectivity index (χ1n) is 5.86. The van der Waals surface area contributed by atoms with E-state index in [-0.39, 0.29) is 12.7 Å². The molecular weight excluding hydrogens is 220 g/mol. The van der Waals surface area contributed by atoms with Gasteiger partial charge in [-0.1, -0.05) is 12.1 Å². The zero-order valence-electron chi connectivity index (χ0n) is 10.0. The van der Waals surface area contributed by atoms with Crippen LogP contribution in [0.4, 0.5) is 0 Å². The number of ether oxygens (including phenoxy) is 3. The van der Waals surface area contributed by atoms with Gasteiger partial charge in [-0.15, -0.1) is 0 Å². The van der Waals surface area contributed by atoms with Crippen molar-refractivity contribution < 1.29 is 19.3 Å². The van der Waals surface area contributed by atoms with Gasteiger partial charge in [-0.3, -0.25) is 0 Å². The summed E-state index contributed by atoms with van der Waals surface area (Å²) in [6, 6.07) is 5.53. The maximum Gasteiger partial charge on any atom is 0.166 e. The third-order valence-electron chi connectivity index (χ3n) is 2.85. The molecule has 1 unspecified atom stereocenters. The van der Waals surface area contributed by atoms with Crippen LogP contribution in [0.15, 0.2) is 18.2 Å². The van der Waals surface area contributed by atoms with Gasteiger partial charge in [0.15, 0.2) is 11.5 Å². The molecule has 1 N–H and O–H groups in total. The first-order valence-corrected chi connectivity index (χ1v) is 5.86. The van der Waals surface area contributed by atoms with Crippen LogP contribution in [-0.4, -0.2) is 31.5 Å². The Morgan fingerprint density at radius 3 is 3.00 bits per heavy atom. The molecule has 0 bridgehead atoms. The fraction of sp³-hybridized carbons (Fsp3) is 0.538.